The Morgan fingerprint density at radius 2 is 2.17 bits per heavy atom. The lowest BCUT2D eigenvalue weighted by atomic mass is 10.2. The van der Waals surface area contributed by atoms with Crippen molar-refractivity contribution in [1.82, 2.24) is 10.2 Å². The van der Waals surface area contributed by atoms with E-state index in [1.165, 1.54) is 24.3 Å². The summed E-state index contributed by atoms with van der Waals surface area (Å²) < 4.78 is 33.0. The van der Waals surface area contributed by atoms with E-state index in [2.05, 4.69) is 14.9 Å². The molecule has 0 aliphatic heterocycles. The Bertz CT molecular complexity index is 571. The lowest BCUT2D eigenvalue weighted by Gasteiger charge is -2.04. The van der Waals surface area contributed by atoms with Crippen molar-refractivity contribution in [3.63, 3.8) is 0 Å². The van der Waals surface area contributed by atoms with E-state index in [-0.39, 0.29) is 17.2 Å². The van der Waals surface area contributed by atoms with Gasteiger partial charge in [-0.2, -0.15) is 8.78 Å². The highest BCUT2D eigenvalue weighted by Gasteiger charge is 2.15. The largest absolute Gasteiger partial charge is 0.474 e. The van der Waals surface area contributed by atoms with E-state index >= 15 is 0 Å². The zero-order valence-electron chi connectivity index (χ0n) is 8.71. The minimum atomic E-state index is -2.95. The standard InChI is InChI=1S/C10H6F2N2O4/c11-10(12)17-6-3-1-2-5(4-6)7-13-14-8(18-7)9(15)16/h1-4,10H,(H,15,16). The van der Waals surface area contributed by atoms with Crippen LogP contribution in [0.5, 0.6) is 5.75 Å². The van der Waals surface area contributed by atoms with E-state index in [0.717, 1.165) is 0 Å². The van der Waals surface area contributed by atoms with Gasteiger partial charge in [-0.1, -0.05) is 6.07 Å². The van der Waals surface area contributed by atoms with Crippen LogP contribution in [-0.4, -0.2) is 27.9 Å². The molecule has 0 aliphatic rings. The third-order valence-corrected chi connectivity index (χ3v) is 1.91. The first-order valence-electron chi connectivity index (χ1n) is 4.68. The number of hydrogen-bond donors (Lipinski definition) is 1. The number of carbonyl (C=O) groups is 1. The van der Waals surface area contributed by atoms with Gasteiger partial charge >= 0.3 is 18.5 Å². The normalized spacial score (nSPS) is 10.6. The quantitative estimate of drug-likeness (QED) is 0.900. The number of aromatic carboxylic acids is 1. The molecule has 0 radical (unpaired) electrons. The van der Waals surface area contributed by atoms with Gasteiger partial charge in [0.15, 0.2) is 0 Å². The number of ether oxygens (including phenoxy) is 1. The van der Waals surface area contributed by atoms with Gasteiger partial charge in [-0.05, 0) is 18.2 Å². The van der Waals surface area contributed by atoms with Gasteiger partial charge in [-0.3, -0.25) is 0 Å². The topological polar surface area (TPSA) is 85.5 Å². The van der Waals surface area contributed by atoms with Crippen molar-refractivity contribution < 1.29 is 27.8 Å². The van der Waals surface area contributed by atoms with E-state index < -0.39 is 18.5 Å². The number of hydrogen-bond acceptors (Lipinski definition) is 5. The number of rotatable bonds is 4. The number of alkyl halides is 2. The molecule has 0 aliphatic carbocycles. The molecule has 1 aromatic heterocycles. The fourth-order valence-electron chi connectivity index (χ4n) is 1.23. The van der Waals surface area contributed by atoms with E-state index in [9.17, 15) is 13.6 Å². The Morgan fingerprint density at radius 1 is 1.39 bits per heavy atom. The molecule has 1 N–H and O–H groups in total. The molecule has 0 saturated heterocycles. The van der Waals surface area contributed by atoms with Crippen LogP contribution in [-0.2, 0) is 0 Å². The fraction of sp³-hybridized carbons (Fsp3) is 0.100. The number of carboxylic acids is 1. The molecule has 0 amide bonds. The number of benzene rings is 1. The van der Waals surface area contributed by atoms with E-state index in [4.69, 9.17) is 9.52 Å². The average molecular weight is 256 g/mol. The third kappa shape index (κ3) is 2.59. The van der Waals surface area contributed by atoms with Gasteiger partial charge in [0.1, 0.15) is 5.75 Å². The predicted molar refractivity (Wildman–Crippen MR) is 53.3 cm³/mol. The first-order chi connectivity index (χ1) is 8.56. The molecule has 94 valence electrons. The van der Waals surface area contributed by atoms with E-state index in [1.807, 2.05) is 0 Å². The highest BCUT2D eigenvalue weighted by Crippen LogP contribution is 2.23. The highest BCUT2D eigenvalue weighted by atomic mass is 19.3. The molecular weight excluding hydrogens is 250 g/mol. The van der Waals surface area contributed by atoms with Crippen molar-refractivity contribution in [3.05, 3.63) is 30.2 Å². The summed E-state index contributed by atoms with van der Waals surface area (Å²) >= 11 is 0. The average Bonchev–Trinajstić information content (AvgIpc) is 2.77. The fourth-order valence-corrected chi connectivity index (χ4v) is 1.23. The van der Waals surface area contributed by atoms with Gasteiger partial charge < -0.3 is 14.3 Å². The SMILES string of the molecule is O=C(O)c1nnc(-c2cccc(OC(F)F)c2)o1. The second kappa shape index (κ2) is 4.78. The molecule has 18 heavy (non-hydrogen) atoms. The number of carboxylic acid groups (broad SMARTS) is 1. The second-order valence-corrected chi connectivity index (χ2v) is 3.12. The molecule has 6 nitrogen and oxygen atoms in total. The summed E-state index contributed by atoms with van der Waals surface area (Å²) in [5, 5.41) is 15.4. The zero-order chi connectivity index (χ0) is 13.1. The molecule has 0 saturated carbocycles. The van der Waals surface area contributed by atoms with Crippen molar-refractivity contribution >= 4 is 5.97 Å². The summed E-state index contributed by atoms with van der Waals surface area (Å²) in [5.74, 6) is -2.12. The zero-order valence-corrected chi connectivity index (χ0v) is 8.71. The highest BCUT2D eigenvalue weighted by molar-refractivity contribution is 5.82. The lowest BCUT2D eigenvalue weighted by molar-refractivity contribution is -0.0498. The molecule has 0 bridgehead atoms. The van der Waals surface area contributed by atoms with Crippen molar-refractivity contribution in [2.24, 2.45) is 0 Å². The third-order valence-electron chi connectivity index (χ3n) is 1.91. The molecule has 2 aromatic rings. The molecule has 2 rings (SSSR count). The second-order valence-electron chi connectivity index (χ2n) is 3.12. The van der Waals surface area contributed by atoms with Crippen molar-refractivity contribution in [3.8, 4) is 17.2 Å². The van der Waals surface area contributed by atoms with Crippen molar-refractivity contribution in [1.29, 1.82) is 0 Å². The predicted octanol–water partition coefficient (Wildman–Crippen LogP) is 2.04. The molecular formula is C10H6F2N2O4. The van der Waals surface area contributed by atoms with Gasteiger partial charge in [0.2, 0.25) is 5.89 Å². The minimum Gasteiger partial charge on any atom is -0.474 e. The Hall–Kier alpha value is -2.51. The Balaban J connectivity index is 2.29. The lowest BCUT2D eigenvalue weighted by Crippen LogP contribution is -2.01. The van der Waals surface area contributed by atoms with Crippen molar-refractivity contribution in [2.45, 2.75) is 6.61 Å². The Kier molecular flexibility index (Phi) is 3.18. The van der Waals surface area contributed by atoms with Crippen LogP contribution in [0, 0.1) is 0 Å². The van der Waals surface area contributed by atoms with Crippen molar-refractivity contribution in [2.75, 3.05) is 0 Å². The molecule has 0 unspecified atom stereocenters. The minimum absolute atomic E-state index is 0.0856. The molecule has 0 fully saturated rings. The van der Waals surface area contributed by atoms with Gasteiger partial charge in [0.05, 0.1) is 0 Å². The maximum atomic E-state index is 12.0. The summed E-state index contributed by atoms with van der Waals surface area (Å²) in [5.41, 5.74) is 0.285. The van der Waals surface area contributed by atoms with Crippen LogP contribution in [0.15, 0.2) is 28.7 Å². The summed E-state index contributed by atoms with van der Waals surface area (Å²) in [4.78, 5) is 10.5. The van der Waals surface area contributed by atoms with Crippen LogP contribution in [0.2, 0.25) is 0 Å². The van der Waals surface area contributed by atoms with Crippen LogP contribution >= 0.6 is 0 Å². The maximum absolute atomic E-state index is 12.0. The van der Waals surface area contributed by atoms with Gasteiger partial charge in [0.25, 0.3) is 0 Å². The van der Waals surface area contributed by atoms with Crippen LogP contribution in [0.1, 0.15) is 10.7 Å². The summed E-state index contributed by atoms with van der Waals surface area (Å²) in [6.45, 7) is -2.95. The summed E-state index contributed by atoms with van der Waals surface area (Å²) in [7, 11) is 0. The molecule has 1 heterocycles. The van der Waals surface area contributed by atoms with Crippen LogP contribution in [0.4, 0.5) is 8.78 Å². The smallest absolute Gasteiger partial charge is 0.393 e. The van der Waals surface area contributed by atoms with Gasteiger partial charge in [0, 0.05) is 5.56 Å². The summed E-state index contributed by atoms with van der Waals surface area (Å²) in [6, 6.07) is 5.50. The van der Waals surface area contributed by atoms with E-state index in [1.54, 1.807) is 0 Å². The van der Waals surface area contributed by atoms with Gasteiger partial charge in [-0.25, -0.2) is 4.79 Å². The molecule has 0 atom stereocenters. The number of aromatic nitrogens is 2. The Morgan fingerprint density at radius 3 is 2.78 bits per heavy atom. The first-order valence-corrected chi connectivity index (χ1v) is 4.68. The Labute approximate surface area is 98.8 Å². The van der Waals surface area contributed by atoms with E-state index in [0.29, 0.717) is 0 Å². The van der Waals surface area contributed by atoms with Crippen LogP contribution in [0.3, 0.4) is 0 Å². The number of halogens is 2. The number of nitrogens with zero attached hydrogens (tertiary/aromatic N) is 2. The molecule has 8 heteroatoms. The molecule has 1 aromatic carbocycles. The maximum Gasteiger partial charge on any atom is 0.393 e. The van der Waals surface area contributed by atoms with Gasteiger partial charge in [-0.15, -0.1) is 10.2 Å². The molecule has 0 spiro atoms. The first kappa shape index (κ1) is 12.0. The van der Waals surface area contributed by atoms with Crippen LogP contribution in [0.25, 0.3) is 11.5 Å². The monoisotopic (exact) mass is 256 g/mol. The van der Waals surface area contributed by atoms with Crippen LogP contribution < -0.4 is 4.74 Å². The summed E-state index contributed by atoms with van der Waals surface area (Å²) in [6.07, 6.45) is 0.